The average Bonchev–Trinajstić information content (AvgIpc) is 2.74. The van der Waals surface area contributed by atoms with Crippen molar-refractivity contribution in [1.82, 2.24) is 9.80 Å². The van der Waals surface area contributed by atoms with Crippen LogP contribution in [0.5, 0.6) is 0 Å². The van der Waals surface area contributed by atoms with Crippen LogP contribution in [0.2, 0.25) is 0 Å². The van der Waals surface area contributed by atoms with Gasteiger partial charge in [-0.15, -0.1) is 0 Å². The number of unbranched alkanes of at least 4 members (excludes halogenated alkanes) is 1. The molecular weight excluding hydrogens is 240 g/mol. The van der Waals surface area contributed by atoms with E-state index in [0.717, 1.165) is 31.8 Å². The minimum Gasteiger partial charge on any atom is -0.448 e. The number of ether oxygens (including phenoxy) is 1. The first-order valence-corrected chi connectivity index (χ1v) is 7.53. The topological polar surface area (TPSA) is 32.8 Å². The Balaban J connectivity index is 0. The zero-order chi connectivity index (χ0) is 15.3. The van der Waals surface area contributed by atoms with Crippen molar-refractivity contribution in [1.29, 1.82) is 0 Å². The van der Waals surface area contributed by atoms with Crippen molar-refractivity contribution in [3.63, 3.8) is 0 Å². The van der Waals surface area contributed by atoms with Crippen LogP contribution in [-0.2, 0) is 4.74 Å². The third-order valence-electron chi connectivity index (χ3n) is 2.36. The van der Waals surface area contributed by atoms with Crippen LogP contribution in [0.15, 0.2) is 0 Å². The summed E-state index contributed by atoms with van der Waals surface area (Å²) in [6.07, 6.45) is 2.06. The lowest BCUT2D eigenvalue weighted by Crippen LogP contribution is -2.25. The molecule has 0 radical (unpaired) electrons. The molecule has 0 atom stereocenters. The van der Waals surface area contributed by atoms with Gasteiger partial charge in [-0.1, -0.05) is 41.0 Å². The molecule has 1 aliphatic heterocycles. The van der Waals surface area contributed by atoms with Gasteiger partial charge in [0, 0.05) is 6.54 Å². The van der Waals surface area contributed by atoms with Crippen molar-refractivity contribution in [2.45, 2.75) is 47.5 Å². The highest BCUT2D eigenvalue weighted by molar-refractivity contribution is 5.69. The van der Waals surface area contributed by atoms with E-state index in [2.05, 4.69) is 39.8 Å². The van der Waals surface area contributed by atoms with Gasteiger partial charge >= 0.3 is 6.09 Å². The molecule has 0 aromatic heterocycles. The molecule has 0 unspecified atom stereocenters. The highest BCUT2D eigenvalue weighted by Gasteiger charge is 2.20. The molecule has 1 fully saturated rings. The van der Waals surface area contributed by atoms with Crippen LogP contribution in [0, 0.1) is 5.92 Å². The summed E-state index contributed by atoms with van der Waals surface area (Å²) < 4.78 is 4.75. The number of amides is 1. The molecule has 0 bridgehead atoms. The smallest absolute Gasteiger partial charge is 0.409 e. The van der Waals surface area contributed by atoms with Gasteiger partial charge in [0.1, 0.15) is 6.61 Å². The first-order chi connectivity index (χ1) is 8.97. The molecule has 1 amide bonds. The number of carbonyl (C=O) groups is 1. The van der Waals surface area contributed by atoms with E-state index in [0.29, 0.717) is 6.61 Å². The highest BCUT2D eigenvalue weighted by Crippen LogP contribution is 2.04. The maximum absolute atomic E-state index is 10.8. The average molecular weight is 274 g/mol. The molecule has 1 aliphatic rings. The Morgan fingerprint density at radius 3 is 2.16 bits per heavy atom. The number of cyclic esters (lactones) is 1. The Kier molecular flexibility index (Phi) is 14.8. The summed E-state index contributed by atoms with van der Waals surface area (Å²) in [6, 6.07) is 0. The maximum atomic E-state index is 10.8. The summed E-state index contributed by atoms with van der Waals surface area (Å²) in [5.74, 6) is 0.801. The van der Waals surface area contributed by atoms with Crippen LogP contribution < -0.4 is 0 Å². The lowest BCUT2D eigenvalue weighted by atomic mass is 10.2. The van der Waals surface area contributed by atoms with E-state index in [4.69, 9.17) is 4.74 Å². The Morgan fingerprint density at radius 2 is 1.89 bits per heavy atom. The van der Waals surface area contributed by atoms with Crippen molar-refractivity contribution in [3.8, 4) is 0 Å². The van der Waals surface area contributed by atoms with Crippen molar-refractivity contribution in [2.75, 3.05) is 40.3 Å². The Bertz CT molecular complexity index is 200. The fourth-order valence-corrected chi connectivity index (χ4v) is 1.71. The van der Waals surface area contributed by atoms with Gasteiger partial charge in [0.25, 0.3) is 0 Å². The molecule has 4 nitrogen and oxygen atoms in total. The normalized spacial score (nSPS) is 13.7. The molecule has 0 saturated carbocycles. The third-order valence-corrected chi connectivity index (χ3v) is 2.36. The van der Waals surface area contributed by atoms with E-state index in [-0.39, 0.29) is 6.09 Å². The van der Waals surface area contributed by atoms with Gasteiger partial charge in [0.15, 0.2) is 0 Å². The minimum atomic E-state index is -0.145. The second-order valence-corrected chi connectivity index (χ2v) is 5.11. The van der Waals surface area contributed by atoms with E-state index < -0.39 is 0 Å². The molecule has 1 heterocycles. The number of nitrogens with zero attached hydrogens (tertiary/aromatic N) is 2. The number of carbonyl (C=O) groups excluding carboxylic acids is 1. The van der Waals surface area contributed by atoms with Gasteiger partial charge in [-0.2, -0.15) is 0 Å². The summed E-state index contributed by atoms with van der Waals surface area (Å²) in [5.41, 5.74) is 0. The van der Waals surface area contributed by atoms with Crippen LogP contribution in [0.25, 0.3) is 0 Å². The molecule has 4 heteroatoms. The van der Waals surface area contributed by atoms with Crippen molar-refractivity contribution in [2.24, 2.45) is 5.92 Å². The number of rotatable bonds is 5. The van der Waals surface area contributed by atoms with Crippen molar-refractivity contribution in [3.05, 3.63) is 0 Å². The Hall–Kier alpha value is -0.770. The van der Waals surface area contributed by atoms with Gasteiger partial charge in [-0.25, -0.2) is 4.79 Å². The maximum Gasteiger partial charge on any atom is 0.409 e. The van der Waals surface area contributed by atoms with Gasteiger partial charge in [-0.3, -0.25) is 0 Å². The quantitative estimate of drug-likeness (QED) is 0.769. The van der Waals surface area contributed by atoms with Crippen molar-refractivity contribution < 1.29 is 9.53 Å². The molecule has 0 spiro atoms. The summed E-state index contributed by atoms with van der Waals surface area (Å²) >= 11 is 0. The highest BCUT2D eigenvalue weighted by atomic mass is 16.6. The van der Waals surface area contributed by atoms with Crippen LogP contribution >= 0.6 is 0 Å². The minimum absolute atomic E-state index is 0.145. The third kappa shape index (κ3) is 13.5. The zero-order valence-electron chi connectivity index (χ0n) is 14.0. The van der Waals surface area contributed by atoms with Gasteiger partial charge in [0.2, 0.25) is 0 Å². The first-order valence-electron chi connectivity index (χ1n) is 7.53. The predicted octanol–water partition coefficient (Wildman–Crippen LogP) is 3.47. The largest absolute Gasteiger partial charge is 0.448 e. The fourth-order valence-electron chi connectivity index (χ4n) is 1.71. The second-order valence-electron chi connectivity index (χ2n) is 5.11. The number of hydrogen-bond donors (Lipinski definition) is 0. The molecule has 0 aliphatic carbocycles. The fraction of sp³-hybridized carbons (Fsp3) is 0.933. The van der Waals surface area contributed by atoms with E-state index >= 15 is 0 Å². The molecule has 0 aromatic rings. The lowest BCUT2D eigenvalue weighted by molar-refractivity contribution is 0.158. The number of hydrogen-bond acceptors (Lipinski definition) is 3. The van der Waals surface area contributed by atoms with E-state index in [1.807, 2.05) is 13.8 Å². The zero-order valence-corrected chi connectivity index (χ0v) is 14.0. The van der Waals surface area contributed by atoms with E-state index in [1.165, 1.54) is 6.54 Å². The van der Waals surface area contributed by atoms with Crippen LogP contribution in [0.4, 0.5) is 4.79 Å². The Morgan fingerprint density at radius 1 is 1.32 bits per heavy atom. The van der Waals surface area contributed by atoms with Gasteiger partial charge in [0.05, 0.1) is 6.54 Å². The van der Waals surface area contributed by atoms with Crippen LogP contribution in [0.3, 0.4) is 0 Å². The molecule has 116 valence electrons. The van der Waals surface area contributed by atoms with Crippen LogP contribution in [-0.4, -0.2) is 56.2 Å². The summed E-state index contributed by atoms with van der Waals surface area (Å²) in [7, 11) is 4.19. The van der Waals surface area contributed by atoms with Crippen molar-refractivity contribution >= 4 is 6.09 Å². The summed E-state index contributed by atoms with van der Waals surface area (Å²) in [5, 5.41) is 0. The SMILES string of the molecule is CC.CC(C)CN(C)C.CCCCN1CCOC1=O. The molecule has 1 rings (SSSR count). The molecule has 0 N–H and O–H groups in total. The lowest BCUT2D eigenvalue weighted by Gasteiger charge is -2.10. The van der Waals surface area contributed by atoms with E-state index in [9.17, 15) is 4.79 Å². The van der Waals surface area contributed by atoms with Gasteiger partial charge in [-0.05, 0) is 33.0 Å². The monoisotopic (exact) mass is 274 g/mol. The molecular formula is C15H34N2O2. The molecule has 0 aromatic carbocycles. The second kappa shape index (κ2) is 13.7. The molecule has 19 heavy (non-hydrogen) atoms. The standard InChI is InChI=1S/C7H13NO2.C6H15N.C2H6/c1-2-3-4-8-5-6-10-7(8)9;1-6(2)5-7(3)4;1-2/h2-6H2,1H3;6H,5H2,1-4H3;1-2H3. The van der Waals surface area contributed by atoms with E-state index in [1.54, 1.807) is 4.90 Å². The summed E-state index contributed by atoms with van der Waals surface area (Å²) in [6.45, 7) is 14.0. The van der Waals surface area contributed by atoms with Crippen LogP contribution in [0.1, 0.15) is 47.5 Å². The van der Waals surface area contributed by atoms with Gasteiger partial charge < -0.3 is 14.5 Å². The Labute approximate surface area is 120 Å². The predicted molar refractivity (Wildman–Crippen MR) is 82.6 cm³/mol. The first kappa shape index (κ1) is 20.5. The molecule has 1 saturated heterocycles. The summed E-state index contributed by atoms with van der Waals surface area (Å²) in [4.78, 5) is 14.7.